The molecular weight excluding hydrogens is 246 g/mol. The van der Waals surface area contributed by atoms with Crippen LogP contribution in [0.2, 0.25) is 0 Å². The van der Waals surface area contributed by atoms with Gasteiger partial charge in [0.05, 0.1) is 5.52 Å². The molecular formula is C18H17NO. The number of aromatic nitrogens is 1. The van der Waals surface area contributed by atoms with Gasteiger partial charge in [-0.3, -0.25) is 4.79 Å². The fraction of sp³-hybridized carbons (Fsp3) is 0.167. The molecule has 2 aromatic carbocycles. The van der Waals surface area contributed by atoms with Crippen LogP contribution in [0.3, 0.4) is 0 Å². The van der Waals surface area contributed by atoms with Crippen molar-refractivity contribution < 1.29 is 0 Å². The molecule has 1 aromatic heterocycles. The molecule has 2 nitrogen and oxygen atoms in total. The lowest BCUT2D eigenvalue weighted by atomic mass is 10.00. The van der Waals surface area contributed by atoms with Gasteiger partial charge >= 0.3 is 0 Å². The molecule has 0 aliphatic heterocycles. The van der Waals surface area contributed by atoms with Crippen LogP contribution in [-0.2, 0) is 0 Å². The summed E-state index contributed by atoms with van der Waals surface area (Å²) in [6.07, 6.45) is 0. The predicted molar refractivity (Wildman–Crippen MR) is 84.2 cm³/mol. The normalized spacial score (nSPS) is 10.9. The Bertz CT molecular complexity index is 842. The molecule has 1 N–H and O–H groups in total. The van der Waals surface area contributed by atoms with Gasteiger partial charge in [-0.2, -0.15) is 0 Å². The molecule has 3 aromatic rings. The molecule has 0 spiro atoms. The molecule has 0 fully saturated rings. The third-order valence-electron chi connectivity index (χ3n) is 3.81. The Morgan fingerprint density at radius 2 is 1.50 bits per heavy atom. The van der Waals surface area contributed by atoms with Crippen molar-refractivity contribution in [1.82, 2.24) is 4.98 Å². The molecule has 0 atom stereocenters. The van der Waals surface area contributed by atoms with Crippen molar-refractivity contribution in [3.05, 3.63) is 69.5 Å². The van der Waals surface area contributed by atoms with Crippen molar-refractivity contribution in [2.75, 3.05) is 0 Å². The van der Waals surface area contributed by atoms with E-state index in [0.717, 1.165) is 27.6 Å². The average Bonchev–Trinajstić information content (AvgIpc) is 2.44. The summed E-state index contributed by atoms with van der Waals surface area (Å²) in [6.45, 7) is 6.13. The summed E-state index contributed by atoms with van der Waals surface area (Å²) in [5, 5.41) is 1.11. The molecule has 0 saturated heterocycles. The molecule has 0 unspecified atom stereocenters. The van der Waals surface area contributed by atoms with Gasteiger partial charge in [0.25, 0.3) is 5.56 Å². The highest BCUT2D eigenvalue weighted by Gasteiger charge is 2.08. The van der Waals surface area contributed by atoms with E-state index >= 15 is 0 Å². The van der Waals surface area contributed by atoms with Crippen LogP contribution in [-0.4, -0.2) is 4.98 Å². The minimum absolute atomic E-state index is 0.0324. The molecule has 0 aliphatic carbocycles. The van der Waals surface area contributed by atoms with Crippen LogP contribution in [0.4, 0.5) is 0 Å². The first kappa shape index (κ1) is 12.7. The molecule has 100 valence electrons. The first-order valence-corrected chi connectivity index (χ1v) is 6.76. The first-order valence-electron chi connectivity index (χ1n) is 6.76. The number of rotatable bonds is 1. The lowest BCUT2D eigenvalue weighted by Gasteiger charge is -2.08. The molecule has 2 heteroatoms. The molecule has 0 saturated carbocycles. The summed E-state index contributed by atoms with van der Waals surface area (Å²) in [5.74, 6) is 0. The van der Waals surface area contributed by atoms with Gasteiger partial charge in [-0.1, -0.05) is 42.0 Å². The summed E-state index contributed by atoms with van der Waals surface area (Å²) in [4.78, 5) is 15.4. The van der Waals surface area contributed by atoms with Crippen molar-refractivity contribution in [2.45, 2.75) is 20.8 Å². The maximum atomic E-state index is 12.3. The summed E-state index contributed by atoms with van der Waals surface area (Å²) < 4.78 is 0. The molecule has 0 aliphatic rings. The van der Waals surface area contributed by atoms with Crippen molar-refractivity contribution in [2.24, 2.45) is 0 Å². The second kappa shape index (κ2) is 4.64. The van der Waals surface area contributed by atoms with Gasteiger partial charge in [0, 0.05) is 10.9 Å². The van der Waals surface area contributed by atoms with E-state index in [9.17, 15) is 4.79 Å². The molecule has 3 rings (SSSR count). The minimum Gasteiger partial charge on any atom is -0.321 e. The SMILES string of the molecule is Cc1ccc(-c2cc3c(C)ccc(C)c3[nH]c2=O)cc1. The first-order chi connectivity index (χ1) is 9.56. The van der Waals surface area contributed by atoms with Gasteiger partial charge in [0.2, 0.25) is 0 Å². The van der Waals surface area contributed by atoms with Crippen LogP contribution in [0.5, 0.6) is 0 Å². The van der Waals surface area contributed by atoms with Crippen molar-refractivity contribution in [3.63, 3.8) is 0 Å². The average molecular weight is 263 g/mol. The van der Waals surface area contributed by atoms with Crippen LogP contribution in [0.25, 0.3) is 22.0 Å². The van der Waals surface area contributed by atoms with Gasteiger partial charge in [-0.25, -0.2) is 0 Å². The molecule has 0 amide bonds. The van der Waals surface area contributed by atoms with Gasteiger partial charge < -0.3 is 4.98 Å². The highest BCUT2D eigenvalue weighted by atomic mass is 16.1. The van der Waals surface area contributed by atoms with E-state index in [-0.39, 0.29) is 5.56 Å². The third-order valence-corrected chi connectivity index (χ3v) is 3.81. The topological polar surface area (TPSA) is 32.9 Å². The molecule has 20 heavy (non-hydrogen) atoms. The summed E-state index contributed by atoms with van der Waals surface area (Å²) in [7, 11) is 0. The Morgan fingerprint density at radius 1 is 0.850 bits per heavy atom. The van der Waals surface area contributed by atoms with Gasteiger partial charge in [0.15, 0.2) is 0 Å². The van der Waals surface area contributed by atoms with Crippen LogP contribution >= 0.6 is 0 Å². The number of aryl methyl sites for hydroxylation is 3. The summed E-state index contributed by atoms with van der Waals surface area (Å²) in [6, 6.07) is 14.2. The van der Waals surface area contributed by atoms with Crippen LogP contribution in [0.1, 0.15) is 16.7 Å². The maximum Gasteiger partial charge on any atom is 0.256 e. The van der Waals surface area contributed by atoms with Gasteiger partial charge in [0.1, 0.15) is 0 Å². The van der Waals surface area contributed by atoms with Crippen molar-refractivity contribution in [3.8, 4) is 11.1 Å². The zero-order valence-electron chi connectivity index (χ0n) is 11.9. The van der Waals surface area contributed by atoms with E-state index in [1.807, 2.05) is 50.2 Å². The smallest absolute Gasteiger partial charge is 0.256 e. The molecule has 1 heterocycles. The Morgan fingerprint density at radius 3 is 2.20 bits per heavy atom. The van der Waals surface area contributed by atoms with Crippen LogP contribution < -0.4 is 5.56 Å². The number of H-pyrrole nitrogens is 1. The second-order valence-corrected chi connectivity index (χ2v) is 5.37. The van der Waals surface area contributed by atoms with E-state index in [1.165, 1.54) is 11.1 Å². The Labute approximate surface area is 118 Å². The number of nitrogens with one attached hydrogen (secondary N) is 1. The quantitative estimate of drug-likeness (QED) is 0.703. The number of aromatic amines is 1. The van der Waals surface area contributed by atoms with Crippen LogP contribution in [0.15, 0.2) is 47.3 Å². The zero-order chi connectivity index (χ0) is 14.3. The number of pyridine rings is 1. The van der Waals surface area contributed by atoms with Crippen molar-refractivity contribution >= 4 is 10.9 Å². The number of hydrogen-bond donors (Lipinski definition) is 1. The van der Waals surface area contributed by atoms with E-state index < -0.39 is 0 Å². The van der Waals surface area contributed by atoms with E-state index in [4.69, 9.17) is 0 Å². The largest absolute Gasteiger partial charge is 0.321 e. The Hall–Kier alpha value is -2.35. The van der Waals surface area contributed by atoms with Gasteiger partial charge in [-0.15, -0.1) is 0 Å². The zero-order valence-corrected chi connectivity index (χ0v) is 11.9. The van der Waals surface area contributed by atoms with E-state index in [1.54, 1.807) is 0 Å². The van der Waals surface area contributed by atoms with E-state index in [2.05, 4.69) is 18.0 Å². The van der Waals surface area contributed by atoms with Gasteiger partial charge in [-0.05, 0) is 43.5 Å². The summed E-state index contributed by atoms with van der Waals surface area (Å²) >= 11 is 0. The Balaban J connectivity index is 2.32. The molecule has 0 radical (unpaired) electrons. The molecule has 0 bridgehead atoms. The monoisotopic (exact) mass is 263 g/mol. The van der Waals surface area contributed by atoms with E-state index in [0.29, 0.717) is 0 Å². The number of hydrogen-bond acceptors (Lipinski definition) is 1. The summed E-state index contributed by atoms with van der Waals surface area (Å²) in [5.41, 5.74) is 6.05. The number of benzene rings is 2. The standard InChI is InChI=1S/C18H17NO/c1-11-4-8-14(9-5-11)16-10-15-12(2)6-7-13(3)17(15)19-18(16)20/h4-10H,1-3H3,(H,19,20). The second-order valence-electron chi connectivity index (χ2n) is 5.37. The van der Waals surface area contributed by atoms with Crippen molar-refractivity contribution in [1.29, 1.82) is 0 Å². The maximum absolute atomic E-state index is 12.3. The lowest BCUT2D eigenvalue weighted by molar-refractivity contribution is 1.27. The fourth-order valence-electron chi connectivity index (χ4n) is 2.52. The van der Waals surface area contributed by atoms with Crippen LogP contribution in [0, 0.1) is 20.8 Å². The predicted octanol–water partition coefficient (Wildman–Crippen LogP) is 4.12. The lowest BCUT2D eigenvalue weighted by Crippen LogP contribution is -2.09. The number of fused-ring (bicyclic) bond motifs is 1. The third kappa shape index (κ3) is 2.03. The minimum atomic E-state index is -0.0324. The highest BCUT2D eigenvalue weighted by Crippen LogP contribution is 2.24. The Kier molecular flexibility index (Phi) is 2.94. The fourth-order valence-corrected chi connectivity index (χ4v) is 2.52. The highest BCUT2D eigenvalue weighted by molar-refractivity contribution is 5.88.